The average Bonchev–Trinajstić information content (AvgIpc) is 3.53. The van der Waals surface area contributed by atoms with E-state index in [1.54, 1.807) is 0 Å². The first-order valence-corrected chi connectivity index (χ1v) is 10.2. The van der Waals surface area contributed by atoms with Crippen molar-refractivity contribution in [2.75, 3.05) is 39.8 Å². The molecule has 1 amide bonds. The molecule has 0 unspecified atom stereocenters. The fourth-order valence-electron chi connectivity index (χ4n) is 3.68. The Labute approximate surface area is 166 Å². The number of hydrogen-bond acceptors (Lipinski definition) is 3. The highest BCUT2D eigenvalue weighted by Gasteiger charge is 2.25. The lowest BCUT2D eigenvalue weighted by atomic mass is 10.1. The van der Waals surface area contributed by atoms with Crippen molar-refractivity contribution in [1.82, 2.24) is 20.4 Å². The molecule has 2 aliphatic rings. The first kappa shape index (κ1) is 18.7. The molecule has 2 N–H and O–H groups in total. The quantitative estimate of drug-likeness (QED) is 0.615. The van der Waals surface area contributed by atoms with Gasteiger partial charge >= 0.3 is 0 Å². The standard InChI is InChI=1S/C22H29N5O/c1-23-22(24-15-17-6-7-18-4-2-3-5-19(18)14-17)27-12-10-26(11-13-27)16-21(28)25-20-8-9-20/h2-7,14,20H,8-13,15-16H2,1H3,(H,23,24)(H,25,28). The van der Waals surface area contributed by atoms with Crippen LogP contribution in [0.15, 0.2) is 47.5 Å². The van der Waals surface area contributed by atoms with E-state index in [0.29, 0.717) is 12.6 Å². The summed E-state index contributed by atoms with van der Waals surface area (Å²) < 4.78 is 0. The predicted octanol–water partition coefficient (Wildman–Crippen LogP) is 1.81. The van der Waals surface area contributed by atoms with Gasteiger partial charge in [-0.25, -0.2) is 0 Å². The molecule has 0 radical (unpaired) electrons. The zero-order valence-electron chi connectivity index (χ0n) is 16.5. The molecule has 2 aromatic rings. The van der Waals surface area contributed by atoms with Gasteiger partial charge in [0.2, 0.25) is 5.91 Å². The summed E-state index contributed by atoms with van der Waals surface area (Å²) in [6.07, 6.45) is 2.28. The zero-order chi connectivity index (χ0) is 19.3. The summed E-state index contributed by atoms with van der Waals surface area (Å²) in [6, 6.07) is 15.4. The highest BCUT2D eigenvalue weighted by Crippen LogP contribution is 2.18. The minimum atomic E-state index is 0.162. The van der Waals surface area contributed by atoms with Gasteiger partial charge in [0, 0.05) is 45.8 Å². The Bertz CT molecular complexity index is 853. The van der Waals surface area contributed by atoms with E-state index in [2.05, 4.69) is 67.9 Å². The highest BCUT2D eigenvalue weighted by molar-refractivity contribution is 5.83. The Morgan fingerprint density at radius 1 is 1.07 bits per heavy atom. The Balaban J connectivity index is 1.26. The molecule has 1 aliphatic heterocycles. The minimum absolute atomic E-state index is 0.162. The Hall–Kier alpha value is -2.60. The molecule has 0 aromatic heterocycles. The van der Waals surface area contributed by atoms with Crippen LogP contribution in [0.5, 0.6) is 0 Å². The molecule has 1 saturated carbocycles. The summed E-state index contributed by atoms with van der Waals surface area (Å²) in [6.45, 7) is 4.79. The average molecular weight is 380 g/mol. The molecular formula is C22H29N5O. The zero-order valence-corrected chi connectivity index (χ0v) is 16.5. The molecule has 2 fully saturated rings. The molecule has 1 saturated heterocycles. The maximum Gasteiger partial charge on any atom is 0.234 e. The van der Waals surface area contributed by atoms with Crippen molar-refractivity contribution in [3.8, 4) is 0 Å². The van der Waals surface area contributed by atoms with Crippen molar-refractivity contribution in [2.45, 2.75) is 25.4 Å². The van der Waals surface area contributed by atoms with Gasteiger partial charge in [-0.05, 0) is 35.2 Å². The first-order chi connectivity index (χ1) is 13.7. The van der Waals surface area contributed by atoms with Gasteiger partial charge in [0.1, 0.15) is 0 Å². The number of nitrogens with zero attached hydrogens (tertiary/aromatic N) is 3. The molecule has 0 bridgehead atoms. The summed E-state index contributed by atoms with van der Waals surface area (Å²) in [5, 5.41) is 9.08. The third kappa shape index (κ3) is 4.81. The number of benzene rings is 2. The minimum Gasteiger partial charge on any atom is -0.352 e. The van der Waals surface area contributed by atoms with Crippen LogP contribution in [0, 0.1) is 0 Å². The second-order valence-corrected chi connectivity index (χ2v) is 7.69. The number of aliphatic imine (C=N–C) groups is 1. The van der Waals surface area contributed by atoms with Gasteiger partial charge in [0.05, 0.1) is 6.54 Å². The Kier molecular flexibility index (Phi) is 5.76. The fraction of sp³-hybridized carbons (Fsp3) is 0.455. The lowest BCUT2D eigenvalue weighted by Gasteiger charge is -2.36. The van der Waals surface area contributed by atoms with Gasteiger partial charge in [0.25, 0.3) is 0 Å². The van der Waals surface area contributed by atoms with Gasteiger partial charge in [-0.1, -0.05) is 36.4 Å². The summed E-state index contributed by atoms with van der Waals surface area (Å²) >= 11 is 0. The van der Waals surface area contributed by atoms with E-state index >= 15 is 0 Å². The topological polar surface area (TPSA) is 60.0 Å². The van der Waals surface area contributed by atoms with Crippen molar-refractivity contribution in [3.63, 3.8) is 0 Å². The van der Waals surface area contributed by atoms with Crippen molar-refractivity contribution in [3.05, 3.63) is 48.0 Å². The smallest absolute Gasteiger partial charge is 0.234 e. The van der Waals surface area contributed by atoms with Crippen molar-refractivity contribution < 1.29 is 4.79 Å². The van der Waals surface area contributed by atoms with E-state index in [1.807, 2.05) is 7.05 Å². The van der Waals surface area contributed by atoms with Gasteiger partial charge in [-0.15, -0.1) is 0 Å². The van der Waals surface area contributed by atoms with E-state index < -0.39 is 0 Å². The number of nitrogens with one attached hydrogen (secondary N) is 2. The van der Waals surface area contributed by atoms with E-state index in [0.717, 1.165) is 51.5 Å². The summed E-state index contributed by atoms with van der Waals surface area (Å²) in [4.78, 5) is 20.9. The maximum atomic E-state index is 12.0. The van der Waals surface area contributed by atoms with Gasteiger partial charge < -0.3 is 15.5 Å². The molecule has 28 heavy (non-hydrogen) atoms. The van der Waals surface area contributed by atoms with E-state index in [1.165, 1.54) is 16.3 Å². The summed E-state index contributed by atoms with van der Waals surface area (Å²) in [7, 11) is 1.83. The molecule has 6 nitrogen and oxygen atoms in total. The first-order valence-electron chi connectivity index (χ1n) is 10.2. The summed E-state index contributed by atoms with van der Waals surface area (Å²) in [5.41, 5.74) is 1.25. The van der Waals surface area contributed by atoms with E-state index in [-0.39, 0.29) is 5.91 Å². The van der Waals surface area contributed by atoms with Crippen LogP contribution in [-0.4, -0.2) is 67.5 Å². The maximum absolute atomic E-state index is 12.0. The van der Waals surface area contributed by atoms with E-state index in [9.17, 15) is 4.79 Å². The van der Waals surface area contributed by atoms with Crippen LogP contribution in [0.1, 0.15) is 18.4 Å². The molecule has 6 heteroatoms. The van der Waals surface area contributed by atoms with Crippen molar-refractivity contribution in [1.29, 1.82) is 0 Å². The van der Waals surface area contributed by atoms with Gasteiger partial charge in [-0.3, -0.25) is 14.7 Å². The number of carbonyl (C=O) groups is 1. The third-order valence-corrected chi connectivity index (χ3v) is 5.46. The predicted molar refractivity (Wildman–Crippen MR) is 113 cm³/mol. The Morgan fingerprint density at radius 3 is 2.54 bits per heavy atom. The fourth-order valence-corrected chi connectivity index (χ4v) is 3.68. The van der Waals surface area contributed by atoms with Gasteiger partial charge in [-0.2, -0.15) is 0 Å². The molecule has 2 aromatic carbocycles. The second-order valence-electron chi connectivity index (χ2n) is 7.69. The second kappa shape index (κ2) is 8.61. The third-order valence-electron chi connectivity index (χ3n) is 5.46. The number of carbonyl (C=O) groups excluding carboxylic acids is 1. The van der Waals surface area contributed by atoms with Crippen LogP contribution in [0.25, 0.3) is 10.8 Å². The van der Waals surface area contributed by atoms with Gasteiger partial charge in [0.15, 0.2) is 5.96 Å². The highest BCUT2D eigenvalue weighted by atomic mass is 16.2. The molecule has 1 aliphatic carbocycles. The lowest BCUT2D eigenvalue weighted by Crippen LogP contribution is -2.54. The van der Waals surface area contributed by atoms with Crippen molar-refractivity contribution >= 4 is 22.6 Å². The van der Waals surface area contributed by atoms with Crippen LogP contribution >= 0.6 is 0 Å². The molecule has 4 rings (SSSR count). The number of fused-ring (bicyclic) bond motifs is 1. The monoisotopic (exact) mass is 379 g/mol. The number of amides is 1. The molecule has 148 valence electrons. The van der Waals surface area contributed by atoms with Crippen LogP contribution in [0.2, 0.25) is 0 Å². The SMILES string of the molecule is CN=C(NCc1ccc2ccccc2c1)N1CCN(CC(=O)NC2CC2)CC1. The molecular weight excluding hydrogens is 350 g/mol. The Morgan fingerprint density at radius 2 is 1.82 bits per heavy atom. The van der Waals surface area contributed by atoms with Crippen LogP contribution in [0.4, 0.5) is 0 Å². The van der Waals surface area contributed by atoms with Crippen LogP contribution in [-0.2, 0) is 11.3 Å². The number of hydrogen-bond donors (Lipinski definition) is 2. The normalized spacial score (nSPS) is 18.3. The lowest BCUT2D eigenvalue weighted by molar-refractivity contribution is -0.122. The van der Waals surface area contributed by atoms with Crippen LogP contribution < -0.4 is 10.6 Å². The van der Waals surface area contributed by atoms with E-state index in [4.69, 9.17) is 0 Å². The summed E-state index contributed by atoms with van der Waals surface area (Å²) in [5.74, 6) is 1.09. The van der Waals surface area contributed by atoms with Crippen molar-refractivity contribution in [2.24, 2.45) is 4.99 Å². The number of rotatable bonds is 5. The molecule has 0 spiro atoms. The number of piperazine rings is 1. The largest absolute Gasteiger partial charge is 0.352 e. The van der Waals surface area contributed by atoms with Crippen LogP contribution in [0.3, 0.4) is 0 Å². The molecule has 1 heterocycles. The number of guanidine groups is 1. The molecule has 0 atom stereocenters.